The monoisotopic (exact) mass is 315 g/mol. The summed E-state index contributed by atoms with van der Waals surface area (Å²) in [6.07, 6.45) is 2.32. The van der Waals surface area contributed by atoms with Crippen LogP contribution in [0.3, 0.4) is 0 Å². The van der Waals surface area contributed by atoms with Gasteiger partial charge in [-0.1, -0.05) is 0 Å². The van der Waals surface area contributed by atoms with Crippen LogP contribution in [0.25, 0.3) is 0 Å². The second-order valence-electron chi connectivity index (χ2n) is 5.45. The Hall–Kier alpha value is -0.470. The van der Waals surface area contributed by atoms with Crippen LogP contribution in [0, 0.1) is 0 Å². The minimum atomic E-state index is -3.30. The first kappa shape index (κ1) is 14.5. The van der Waals surface area contributed by atoms with Crippen molar-refractivity contribution in [3.05, 3.63) is 17.0 Å². The third-order valence-electron chi connectivity index (χ3n) is 4.13. The summed E-state index contributed by atoms with van der Waals surface area (Å²) in [5, 5.41) is 3.05. The lowest BCUT2D eigenvalue weighted by Crippen LogP contribution is -2.51. The molecule has 3 heterocycles. The van der Waals surface area contributed by atoms with E-state index in [1.54, 1.807) is 10.4 Å². The predicted molar refractivity (Wildman–Crippen MR) is 80.4 cm³/mol. The summed E-state index contributed by atoms with van der Waals surface area (Å²) in [5.74, 6) is 0. The molecule has 1 atom stereocenters. The minimum Gasteiger partial charge on any atom is -0.315 e. The fourth-order valence-corrected chi connectivity index (χ4v) is 6.06. The van der Waals surface area contributed by atoms with Crippen LogP contribution in [0.5, 0.6) is 0 Å². The normalized spacial score (nSPS) is 24.9. The van der Waals surface area contributed by atoms with Gasteiger partial charge >= 0.3 is 0 Å². The number of hydrogen-bond acceptors (Lipinski definition) is 5. The van der Waals surface area contributed by atoms with Crippen molar-refractivity contribution in [1.29, 1.82) is 0 Å². The maximum Gasteiger partial charge on any atom is 0.252 e. The highest BCUT2D eigenvalue weighted by Gasteiger charge is 2.36. The number of piperazine rings is 1. The average molecular weight is 315 g/mol. The predicted octanol–water partition coefficient (Wildman–Crippen LogP) is 0.936. The van der Waals surface area contributed by atoms with E-state index in [0.717, 1.165) is 30.9 Å². The smallest absolute Gasteiger partial charge is 0.252 e. The van der Waals surface area contributed by atoms with Gasteiger partial charge in [0, 0.05) is 37.1 Å². The van der Waals surface area contributed by atoms with Crippen molar-refractivity contribution in [2.24, 2.45) is 0 Å². The van der Waals surface area contributed by atoms with Gasteiger partial charge in [0.15, 0.2) is 0 Å². The molecule has 0 aliphatic carbocycles. The van der Waals surface area contributed by atoms with Gasteiger partial charge in [-0.3, -0.25) is 4.90 Å². The van der Waals surface area contributed by atoms with Gasteiger partial charge in [-0.05, 0) is 38.6 Å². The maximum atomic E-state index is 12.7. The van der Waals surface area contributed by atoms with Crippen LogP contribution in [-0.2, 0) is 16.6 Å². The lowest BCUT2D eigenvalue weighted by atomic mass is 10.2. The first-order valence-corrected chi connectivity index (χ1v) is 9.34. The molecule has 0 amide bonds. The van der Waals surface area contributed by atoms with E-state index in [4.69, 9.17) is 0 Å². The standard InChI is InChI=1S/C13H21N3O2S2/c1-14-9-12-4-5-13(19-12)20(17,18)16-8-7-15-6-2-3-11(15)10-16/h4-5,11,14H,2-3,6-10H2,1H3. The topological polar surface area (TPSA) is 52.7 Å². The van der Waals surface area contributed by atoms with Crippen molar-refractivity contribution in [3.8, 4) is 0 Å². The Kier molecular flexibility index (Phi) is 4.14. The Morgan fingerprint density at radius 1 is 1.35 bits per heavy atom. The zero-order valence-electron chi connectivity index (χ0n) is 11.7. The van der Waals surface area contributed by atoms with Gasteiger partial charge in [0.25, 0.3) is 10.0 Å². The maximum absolute atomic E-state index is 12.7. The Bertz CT molecular complexity index is 570. The number of nitrogens with zero attached hydrogens (tertiary/aromatic N) is 2. The summed E-state index contributed by atoms with van der Waals surface area (Å²) in [6, 6.07) is 4.07. The van der Waals surface area contributed by atoms with Crippen LogP contribution < -0.4 is 5.32 Å². The van der Waals surface area contributed by atoms with Crippen molar-refractivity contribution in [2.75, 3.05) is 33.2 Å². The number of thiophene rings is 1. The highest BCUT2D eigenvalue weighted by molar-refractivity contribution is 7.91. The SMILES string of the molecule is CNCc1ccc(S(=O)(=O)N2CCN3CCCC3C2)s1. The van der Waals surface area contributed by atoms with Crippen molar-refractivity contribution >= 4 is 21.4 Å². The fourth-order valence-electron chi connectivity index (χ4n) is 3.07. The Balaban J connectivity index is 1.77. The van der Waals surface area contributed by atoms with E-state index >= 15 is 0 Å². The van der Waals surface area contributed by atoms with E-state index in [9.17, 15) is 8.42 Å². The summed E-state index contributed by atoms with van der Waals surface area (Å²) in [4.78, 5) is 3.48. The van der Waals surface area contributed by atoms with Gasteiger partial charge in [0.1, 0.15) is 4.21 Å². The largest absolute Gasteiger partial charge is 0.315 e. The molecule has 0 aromatic carbocycles. The molecular weight excluding hydrogens is 294 g/mol. The second-order valence-corrected chi connectivity index (χ2v) is 8.78. The average Bonchev–Trinajstić information content (AvgIpc) is 3.06. The van der Waals surface area contributed by atoms with Gasteiger partial charge in [-0.2, -0.15) is 4.31 Å². The molecule has 2 saturated heterocycles. The molecule has 2 aliphatic rings. The zero-order valence-corrected chi connectivity index (χ0v) is 13.3. The summed E-state index contributed by atoms with van der Waals surface area (Å²) in [6.45, 7) is 4.00. The fraction of sp³-hybridized carbons (Fsp3) is 0.692. The summed E-state index contributed by atoms with van der Waals surface area (Å²) in [5.41, 5.74) is 0. The number of fused-ring (bicyclic) bond motifs is 1. The lowest BCUT2D eigenvalue weighted by molar-refractivity contribution is 0.158. The van der Waals surface area contributed by atoms with Crippen LogP contribution >= 0.6 is 11.3 Å². The summed E-state index contributed by atoms with van der Waals surface area (Å²) >= 11 is 1.38. The number of hydrogen-bond donors (Lipinski definition) is 1. The molecule has 1 unspecified atom stereocenters. The molecule has 0 bridgehead atoms. The van der Waals surface area contributed by atoms with Crippen LogP contribution in [-0.4, -0.2) is 56.9 Å². The molecule has 20 heavy (non-hydrogen) atoms. The van der Waals surface area contributed by atoms with E-state index in [0.29, 0.717) is 23.3 Å². The molecule has 1 aromatic heterocycles. The second kappa shape index (κ2) is 5.73. The van der Waals surface area contributed by atoms with E-state index in [1.807, 2.05) is 13.1 Å². The molecule has 2 aliphatic heterocycles. The Morgan fingerprint density at radius 3 is 3.00 bits per heavy atom. The molecule has 1 aromatic rings. The molecule has 3 rings (SSSR count). The van der Waals surface area contributed by atoms with Gasteiger partial charge in [0.05, 0.1) is 0 Å². The molecule has 112 valence electrons. The summed E-state index contributed by atoms with van der Waals surface area (Å²) in [7, 11) is -1.43. The Morgan fingerprint density at radius 2 is 2.20 bits per heavy atom. The van der Waals surface area contributed by atoms with Crippen LogP contribution in [0.1, 0.15) is 17.7 Å². The molecule has 5 nitrogen and oxygen atoms in total. The van der Waals surface area contributed by atoms with Crippen LogP contribution in [0.2, 0.25) is 0 Å². The van der Waals surface area contributed by atoms with Crippen molar-refractivity contribution < 1.29 is 8.42 Å². The van der Waals surface area contributed by atoms with Gasteiger partial charge in [-0.25, -0.2) is 8.42 Å². The molecule has 7 heteroatoms. The lowest BCUT2D eigenvalue weighted by Gasteiger charge is -2.36. The first-order chi connectivity index (χ1) is 9.61. The number of sulfonamides is 1. The van der Waals surface area contributed by atoms with E-state index in [-0.39, 0.29) is 0 Å². The molecule has 0 saturated carbocycles. The van der Waals surface area contributed by atoms with Gasteiger partial charge < -0.3 is 5.32 Å². The quantitative estimate of drug-likeness (QED) is 0.898. The molecule has 2 fully saturated rings. The molecule has 1 N–H and O–H groups in total. The van der Waals surface area contributed by atoms with Crippen LogP contribution in [0.15, 0.2) is 16.3 Å². The highest BCUT2D eigenvalue weighted by Crippen LogP contribution is 2.29. The van der Waals surface area contributed by atoms with E-state index in [2.05, 4.69) is 10.2 Å². The number of rotatable bonds is 4. The third kappa shape index (κ3) is 2.65. The third-order valence-corrected chi connectivity index (χ3v) is 7.55. The van der Waals surface area contributed by atoms with Crippen molar-refractivity contribution in [3.63, 3.8) is 0 Å². The van der Waals surface area contributed by atoms with E-state index in [1.165, 1.54) is 17.8 Å². The van der Waals surface area contributed by atoms with E-state index < -0.39 is 10.0 Å². The molecular formula is C13H21N3O2S2. The van der Waals surface area contributed by atoms with Gasteiger partial charge in [0.2, 0.25) is 0 Å². The molecule has 0 spiro atoms. The van der Waals surface area contributed by atoms with Crippen molar-refractivity contribution in [2.45, 2.75) is 29.6 Å². The highest BCUT2D eigenvalue weighted by atomic mass is 32.2. The van der Waals surface area contributed by atoms with Crippen molar-refractivity contribution in [1.82, 2.24) is 14.5 Å². The minimum absolute atomic E-state index is 0.426. The Labute approximate surface area is 124 Å². The van der Waals surface area contributed by atoms with Crippen LogP contribution in [0.4, 0.5) is 0 Å². The first-order valence-electron chi connectivity index (χ1n) is 7.09. The molecule has 0 radical (unpaired) electrons. The summed E-state index contributed by atoms with van der Waals surface area (Å²) < 4.78 is 27.5. The zero-order chi connectivity index (χ0) is 14.2. The number of nitrogens with one attached hydrogen (secondary N) is 1. The van der Waals surface area contributed by atoms with Gasteiger partial charge in [-0.15, -0.1) is 11.3 Å².